The van der Waals surface area contributed by atoms with Crippen LogP contribution in [-0.2, 0) is 31.6 Å². The first kappa shape index (κ1) is 28.7. The fraction of sp³-hybridized carbons (Fsp3) is 0.538. The Balaban J connectivity index is 2.31. The molecule has 21 heteroatoms. The molecule has 0 aromatic carbocycles. The number of aliphatic hydroxyl groups is 1. The van der Waals surface area contributed by atoms with Crippen LogP contribution in [0.4, 0.5) is 14.6 Å². The molecule has 1 aliphatic rings. The summed E-state index contributed by atoms with van der Waals surface area (Å²) in [5.74, 6) is 3.27. The third-order valence-electron chi connectivity index (χ3n) is 4.01. The molecule has 2 rings (SSSR count). The molecule has 0 radical (unpaired) electrons. The number of aliphatic hydroxyl groups excluding tert-OH is 1. The van der Waals surface area contributed by atoms with Gasteiger partial charge in [0.2, 0.25) is 5.67 Å². The van der Waals surface area contributed by atoms with Crippen LogP contribution >= 0.6 is 23.5 Å². The molecule has 0 spiro atoms. The number of hydrogen-bond donors (Lipinski definition) is 6. The van der Waals surface area contributed by atoms with E-state index in [0.717, 1.165) is 6.07 Å². The van der Waals surface area contributed by atoms with Crippen LogP contribution in [-0.4, -0.2) is 65.4 Å². The van der Waals surface area contributed by atoms with Crippen LogP contribution in [0.15, 0.2) is 10.9 Å². The highest BCUT2D eigenvalue weighted by Crippen LogP contribution is 2.66. The molecule has 3 unspecified atom stereocenters. The first-order valence-corrected chi connectivity index (χ1v) is 13.2. The number of anilines is 1. The fourth-order valence-corrected chi connectivity index (χ4v) is 5.86. The van der Waals surface area contributed by atoms with Crippen molar-refractivity contribution in [2.45, 2.75) is 31.0 Å². The van der Waals surface area contributed by atoms with Gasteiger partial charge in [-0.3, -0.25) is 9.09 Å². The maximum atomic E-state index is 15.7. The molecular weight excluding hydrogens is 537 g/mol. The summed E-state index contributed by atoms with van der Waals surface area (Å²) >= 11 is 0. The molecule has 1 aromatic rings. The van der Waals surface area contributed by atoms with Crippen molar-refractivity contribution in [3.05, 3.63) is 22.2 Å². The van der Waals surface area contributed by atoms with Gasteiger partial charge in [-0.2, -0.15) is 13.6 Å². The van der Waals surface area contributed by atoms with E-state index >= 15 is 4.39 Å². The Labute approximate surface area is 188 Å². The SMILES string of the molecule is Cc1cc(N)nc(=O)n1[C@@H]1O[C@H](COP(=O)(O)OP(=O)(O)OP(=O)(O)O)[C@H](O)C1(F)C#CCF. The summed E-state index contributed by atoms with van der Waals surface area (Å²) in [6, 6.07) is 1.14. The van der Waals surface area contributed by atoms with Crippen LogP contribution in [0.3, 0.4) is 0 Å². The maximum Gasteiger partial charge on any atom is 0.490 e. The van der Waals surface area contributed by atoms with E-state index in [1.54, 1.807) is 11.8 Å². The Bertz CT molecular complexity index is 1200. The summed E-state index contributed by atoms with van der Waals surface area (Å²) in [6.45, 7) is -1.33. The highest BCUT2D eigenvalue weighted by atomic mass is 31.3. The summed E-state index contributed by atoms with van der Waals surface area (Å²) in [5, 5.41) is 10.4. The predicted molar refractivity (Wildman–Crippen MR) is 105 cm³/mol. The number of aromatic nitrogens is 2. The second-order valence-electron chi connectivity index (χ2n) is 6.54. The van der Waals surface area contributed by atoms with Gasteiger partial charge in [-0.25, -0.2) is 27.3 Å². The van der Waals surface area contributed by atoms with E-state index in [1.165, 1.54) is 6.92 Å². The third kappa shape index (κ3) is 6.98. The largest absolute Gasteiger partial charge is 0.490 e. The molecule has 1 aliphatic heterocycles. The minimum Gasteiger partial charge on any atom is -0.386 e. The van der Waals surface area contributed by atoms with E-state index in [9.17, 15) is 32.9 Å². The summed E-state index contributed by atoms with van der Waals surface area (Å²) in [5.41, 5.74) is 1.07. The van der Waals surface area contributed by atoms with Gasteiger partial charge in [0.25, 0.3) is 0 Å². The van der Waals surface area contributed by atoms with Crippen molar-refractivity contribution in [2.24, 2.45) is 0 Å². The number of rotatable bonds is 8. The van der Waals surface area contributed by atoms with Gasteiger partial charge in [-0.15, -0.1) is 0 Å². The lowest BCUT2D eigenvalue weighted by Gasteiger charge is -2.25. The highest BCUT2D eigenvalue weighted by Gasteiger charge is 2.59. The fourth-order valence-electron chi connectivity index (χ4n) is 2.83. The summed E-state index contributed by atoms with van der Waals surface area (Å²) in [4.78, 5) is 51.3. The second kappa shape index (κ2) is 10.2. The summed E-state index contributed by atoms with van der Waals surface area (Å²) in [7, 11) is -17.1. The molecule has 1 saturated heterocycles. The monoisotopic (exact) mass is 555 g/mol. The summed E-state index contributed by atoms with van der Waals surface area (Å²) in [6.07, 6.45) is -6.36. The van der Waals surface area contributed by atoms with Gasteiger partial charge in [0.05, 0.1) is 6.61 Å². The quantitative estimate of drug-likeness (QED) is 0.173. The average Bonchev–Trinajstić information content (AvgIpc) is 2.86. The minimum atomic E-state index is -5.84. The number of aryl methyl sites for hydroxylation is 1. The van der Waals surface area contributed by atoms with Gasteiger partial charge in [0, 0.05) is 5.69 Å². The van der Waals surface area contributed by atoms with E-state index in [0.29, 0.717) is 4.57 Å². The van der Waals surface area contributed by atoms with Crippen molar-refractivity contribution in [1.29, 1.82) is 0 Å². The second-order valence-corrected chi connectivity index (χ2v) is 11.0. The van der Waals surface area contributed by atoms with Gasteiger partial charge in [0.15, 0.2) is 6.23 Å². The van der Waals surface area contributed by atoms with Crippen LogP contribution < -0.4 is 11.4 Å². The number of ether oxygens (including phenoxy) is 1. The first-order chi connectivity index (χ1) is 15.4. The Morgan fingerprint density at radius 2 is 1.88 bits per heavy atom. The maximum absolute atomic E-state index is 15.7. The summed E-state index contributed by atoms with van der Waals surface area (Å²) < 4.78 is 79.3. The predicted octanol–water partition coefficient (Wildman–Crippen LogP) is -0.583. The smallest absolute Gasteiger partial charge is 0.386 e. The van der Waals surface area contributed by atoms with Gasteiger partial charge < -0.3 is 35.2 Å². The highest BCUT2D eigenvalue weighted by molar-refractivity contribution is 7.66. The van der Waals surface area contributed by atoms with Crippen molar-refractivity contribution in [3.63, 3.8) is 0 Å². The zero-order chi connectivity index (χ0) is 26.1. The number of hydrogen-bond acceptors (Lipinski definition) is 11. The molecule has 1 aromatic heterocycles. The van der Waals surface area contributed by atoms with Gasteiger partial charge in [0.1, 0.15) is 24.7 Å². The van der Waals surface area contributed by atoms with E-state index < -0.39 is 66.5 Å². The van der Waals surface area contributed by atoms with E-state index in [4.69, 9.17) is 25.2 Å². The van der Waals surface area contributed by atoms with Gasteiger partial charge >= 0.3 is 29.2 Å². The first-order valence-electron chi connectivity index (χ1n) is 8.63. The molecule has 7 N–H and O–H groups in total. The van der Waals surface area contributed by atoms with E-state index in [2.05, 4.69) is 18.1 Å². The lowest BCUT2D eigenvalue weighted by Crippen LogP contribution is -2.45. The van der Waals surface area contributed by atoms with Crippen LogP contribution in [0.2, 0.25) is 0 Å². The van der Waals surface area contributed by atoms with Crippen LogP contribution in [0, 0.1) is 18.8 Å². The molecule has 2 heterocycles. The molecule has 1 fully saturated rings. The van der Waals surface area contributed by atoms with Gasteiger partial charge in [-0.05, 0) is 13.0 Å². The van der Waals surface area contributed by atoms with Crippen LogP contribution in [0.5, 0.6) is 0 Å². The normalized spacial score (nSPS) is 28.5. The van der Waals surface area contributed by atoms with Crippen molar-refractivity contribution in [3.8, 4) is 11.8 Å². The van der Waals surface area contributed by atoms with Crippen LogP contribution in [0.25, 0.3) is 0 Å². The Kier molecular flexibility index (Phi) is 8.60. The number of nitrogens with zero attached hydrogens (tertiary/aromatic N) is 2. The van der Waals surface area contributed by atoms with Crippen molar-refractivity contribution in [2.75, 3.05) is 19.0 Å². The Hall–Kier alpha value is -1.57. The number of nitrogens with two attached hydrogens (primary N) is 1. The number of nitrogen functional groups attached to an aromatic ring is 1. The topological polar surface area (TPSA) is 250 Å². The minimum absolute atomic E-state index is 0.0210. The van der Waals surface area contributed by atoms with Crippen molar-refractivity contribution < 1.29 is 65.0 Å². The zero-order valence-electron chi connectivity index (χ0n) is 16.8. The number of halogens is 2. The molecule has 0 amide bonds. The number of phosphoric acid groups is 3. The molecule has 192 valence electrons. The number of phosphoric ester groups is 1. The van der Waals surface area contributed by atoms with Crippen LogP contribution in [0.1, 0.15) is 11.9 Å². The van der Waals surface area contributed by atoms with E-state index in [-0.39, 0.29) is 11.5 Å². The van der Waals surface area contributed by atoms with Gasteiger partial charge in [-0.1, -0.05) is 11.8 Å². The lowest BCUT2D eigenvalue weighted by molar-refractivity contribution is -0.0543. The Morgan fingerprint density at radius 3 is 2.41 bits per heavy atom. The molecule has 0 aliphatic carbocycles. The third-order valence-corrected chi connectivity index (χ3v) is 7.82. The Morgan fingerprint density at radius 1 is 1.26 bits per heavy atom. The molecular formula is C13H18F2N3O13P3. The molecule has 6 atom stereocenters. The molecule has 16 nitrogen and oxygen atoms in total. The van der Waals surface area contributed by atoms with Crippen molar-refractivity contribution in [1.82, 2.24) is 9.55 Å². The molecule has 0 saturated carbocycles. The van der Waals surface area contributed by atoms with Crippen molar-refractivity contribution >= 4 is 29.3 Å². The molecule has 0 bridgehead atoms. The number of alkyl halides is 2. The van der Waals surface area contributed by atoms with E-state index in [1.807, 2.05) is 0 Å². The zero-order valence-corrected chi connectivity index (χ0v) is 19.5. The standard InChI is InChI=1S/C13H18F2N3O13P3/c1-7-5-9(16)17-12(20)18(7)11-13(15,3-2-4-14)10(19)8(29-11)6-28-33(24,25)31-34(26,27)30-32(21,22)23/h5,8,10-11,19H,4,6H2,1H3,(H,24,25)(H,26,27)(H2,16,17,20)(H2,21,22,23)/t8-,10+,11-,13?/m1/s1. The lowest BCUT2D eigenvalue weighted by atomic mass is 9.96. The average molecular weight is 555 g/mol. The molecule has 34 heavy (non-hydrogen) atoms.